The van der Waals surface area contributed by atoms with Crippen LogP contribution in [-0.2, 0) is 0 Å². The SMILES string of the molecule is CC(C)(C)[Si](C)(C)Oc1ccc2c(c1)OC(c1ccc(OCCN3CC(CF)C3)cc1)C1=C2CCOc2cc(O[Si](C)(C)C(C)(C)C)ccc21. The van der Waals surface area contributed by atoms with Crippen molar-refractivity contribution in [1.29, 1.82) is 0 Å². The van der Waals surface area contributed by atoms with Crippen molar-refractivity contribution in [2.75, 3.05) is 39.5 Å². The quantitative estimate of drug-likeness (QED) is 0.195. The van der Waals surface area contributed by atoms with Crippen LogP contribution in [0.5, 0.6) is 28.7 Å². The average Bonchev–Trinajstić information content (AvgIpc) is 3.20. The van der Waals surface area contributed by atoms with Crippen molar-refractivity contribution in [2.24, 2.45) is 5.92 Å². The average molecular weight is 718 g/mol. The number of nitrogens with zero attached hydrogens (tertiary/aromatic N) is 1. The van der Waals surface area contributed by atoms with Crippen LogP contribution in [0, 0.1) is 5.92 Å². The number of hydrogen-bond donors (Lipinski definition) is 0. The monoisotopic (exact) mass is 717 g/mol. The Labute approximate surface area is 301 Å². The van der Waals surface area contributed by atoms with E-state index in [-0.39, 0.29) is 28.8 Å². The molecule has 1 saturated heterocycles. The number of hydrogen-bond acceptors (Lipinski definition) is 6. The Morgan fingerprint density at radius 2 is 1.32 bits per heavy atom. The summed E-state index contributed by atoms with van der Waals surface area (Å²) in [5.74, 6) is 4.33. The molecule has 0 amide bonds. The Bertz CT molecular complexity index is 1720. The lowest BCUT2D eigenvalue weighted by Gasteiger charge is -2.37. The molecular formula is C41H56FNO5Si2. The molecule has 270 valence electrons. The Hall–Kier alpha value is -3.28. The van der Waals surface area contributed by atoms with Crippen LogP contribution >= 0.6 is 0 Å². The molecule has 0 saturated carbocycles. The van der Waals surface area contributed by atoms with Gasteiger partial charge in [0.2, 0.25) is 16.6 Å². The smallest absolute Gasteiger partial charge is 0.250 e. The second kappa shape index (κ2) is 13.7. The first kappa shape index (κ1) is 36.5. The van der Waals surface area contributed by atoms with Gasteiger partial charge in [0.05, 0.1) is 13.3 Å². The molecule has 3 heterocycles. The summed E-state index contributed by atoms with van der Waals surface area (Å²) in [7, 11) is -4.10. The second-order valence-corrected chi connectivity index (χ2v) is 26.7. The molecule has 0 aliphatic carbocycles. The minimum absolute atomic E-state index is 0.0767. The number of alkyl halides is 1. The topological polar surface area (TPSA) is 49.4 Å². The van der Waals surface area contributed by atoms with E-state index < -0.39 is 16.6 Å². The van der Waals surface area contributed by atoms with Gasteiger partial charge in [-0.3, -0.25) is 9.29 Å². The van der Waals surface area contributed by atoms with Gasteiger partial charge in [0.15, 0.2) is 0 Å². The summed E-state index contributed by atoms with van der Waals surface area (Å²) in [6.45, 7) is 25.9. The number of halogens is 1. The van der Waals surface area contributed by atoms with E-state index in [9.17, 15) is 4.39 Å². The first-order chi connectivity index (χ1) is 23.5. The molecule has 0 spiro atoms. The third-order valence-electron chi connectivity index (χ3n) is 11.4. The van der Waals surface area contributed by atoms with E-state index in [1.54, 1.807) is 0 Å². The van der Waals surface area contributed by atoms with Crippen LogP contribution in [0.1, 0.15) is 70.8 Å². The van der Waals surface area contributed by atoms with Gasteiger partial charge in [-0.1, -0.05) is 53.7 Å². The van der Waals surface area contributed by atoms with E-state index in [1.807, 2.05) is 12.1 Å². The molecule has 3 aliphatic heterocycles. The standard InChI is InChI=1S/C41H56FNO5Si2/c1-40(2,3)49(7,8)47-31-16-18-35-36(23-31)45-21-19-34-33-17-15-32(48-50(9,10)41(4,5)6)24-37(33)46-39(38(34)35)29-11-13-30(14-12-29)44-22-20-43-26-28(25-42)27-43/h11-18,23-24,28,39H,19-22,25-27H2,1-10H3. The van der Waals surface area contributed by atoms with Crippen molar-refractivity contribution in [3.05, 3.63) is 77.4 Å². The van der Waals surface area contributed by atoms with Crippen LogP contribution in [0.3, 0.4) is 0 Å². The van der Waals surface area contributed by atoms with Crippen LogP contribution in [0.4, 0.5) is 4.39 Å². The number of likely N-dealkylation sites (tertiary alicyclic amines) is 1. The lowest BCUT2D eigenvalue weighted by molar-refractivity contribution is 0.0668. The molecule has 1 unspecified atom stereocenters. The summed E-state index contributed by atoms with van der Waals surface area (Å²) in [6.07, 6.45) is 0.389. The lowest BCUT2D eigenvalue weighted by atomic mass is 9.84. The number of rotatable bonds is 10. The maximum atomic E-state index is 12.8. The fourth-order valence-corrected chi connectivity index (χ4v) is 8.31. The van der Waals surface area contributed by atoms with Crippen molar-refractivity contribution in [3.63, 3.8) is 0 Å². The predicted octanol–water partition coefficient (Wildman–Crippen LogP) is 10.6. The molecule has 6 nitrogen and oxygen atoms in total. The van der Waals surface area contributed by atoms with Crippen molar-refractivity contribution < 1.29 is 27.5 Å². The molecule has 3 aliphatic rings. The molecule has 9 heteroatoms. The van der Waals surface area contributed by atoms with Crippen LogP contribution in [0.15, 0.2) is 60.7 Å². The molecule has 6 rings (SSSR count). The summed E-state index contributed by atoms with van der Waals surface area (Å²) in [5, 5.41) is 0.159. The third-order valence-corrected chi connectivity index (χ3v) is 20.1. The van der Waals surface area contributed by atoms with E-state index in [2.05, 4.69) is 121 Å². The highest BCUT2D eigenvalue weighted by Gasteiger charge is 2.41. The molecule has 50 heavy (non-hydrogen) atoms. The molecule has 3 aromatic carbocycles. The largest absolute Gasteiger partial charge is 0.543 e. The van der Waals surface area contributed by atoms with Crippen LogP contribution in [0.25, 0.3) is 11.1 Å². The zero-order valence-electron chi connectivity index (χ0n) is 31.7. The van der Waals surface area contributed by atoms with E-state index in [1.165, 1.54) is 5.57 Å². The van der Waals surface area contributed by atoms with E-state index >= 15 is 0 Å². The first-order valence-electron chi connectivity index (χ1n) is 18.2. The van der Waals surface area contributed by atoms with Crippen LogP contribution < -0.4 is 23.1 Å². The van der Waals surface area contributed by atoms with E-state index in [0.29, 0.717) is 13.2 Å². The Balaban J connectivity index is 1.34. The van der Waals surface area contributed by atoms with Gasteiger partial charge < -0.3 is 23.1 Å². The number of ether oxygens (including phenoxy) is 3. The summed E-state index contributed by atoms with van der Waals surface area (Å²) < 4.78 is 45.9. The Kier molecular flexibility index (Phi) is 10.00. The maximum absolute atomic E-state index is 12.8. The fraction of sp³-hybridized carbons (Fsp3) is 0.512. The summed E-state index contributed by atoms with van der Waals surface area (Å²) in [5.41, 5.74) is 5.50. The lowest BCUT2D eigenvalue weighted by Crippen LogP contribution is -2.49. The van der Waals surface area contributed by atoms with Crippen molar-refractivity contribution in [2.45, 2.75) is 90.3 Å². The summed E-state index contributed by atoms with van der Waals surface area (Å²) in [6, 6.07) is 20.9. The van der Waals surface area contributed by atoms with Gasteiger partial charge in [-0.05, 0) is 83.8 Å². The maximum Gasteiger partial charge on any atom is 0.250 e. The molecule has 0 aromatic heterocycles. The molecule has 0 bridgehead atoms. The first-order valence-corrected chi connectivity index (χ1v) is 24.0. The summed E-state index contributed by atoms with van der Waals surface area (Å²) in [4.78, 5) is 2.23. The van der Waals surface area contributed by atoms with Gasteiger partial charge in [-0.25, -0.2) is 0 Å². The van der Waals surface area contributed by atoms with Crippen molar-refractivity contribution in [3.8, 4) is 28.7 Å². The van der Waals surface area contributed by atoms with Crippen molar-refractivity contribution >= 4 is 27.8 Å². The molecule has 3 aromatic rings. The van der Waals surface area contributed by atoms with Gasteiger partial charge >= 0.3 is 0 Å². The second-order valence-electron chi connectivity index (χ2n) is 17.2. The van der Waals surface area contributed by atoms with Gasteiger partial charge in [-0.2, -0.15) is 0 Å². The molecule has 0 N–H and O–H groups in total. The van der Waals surface area contributed by atoms with Crippen LogP contribution in [-0.4, -0.2) is 61.1 Å². The van der Waals surface area contributed by atoms with Crippen molar-refractivity contribution in [1.82, 2.24) is 4.90 Å². The highest BCUT2D eigenvalue weighted by molar-refractivity contribution is 6.75. The normalized spacial score (nSPS) is 18.5. The van der Waals surface area contributed by atoms with E-state index in [0.717, 1.165) is 77.1 Å². The Morgan fingerprint density at radius 1 is 0.760 bits per heavy atom. The molecular weight excluding hydrogens is 662 g/mol. The van der Waals surface area contributed by atoms with Gasteiger partial charge in [-0.15, -0.1) is 0 Å². The fourth-order valence-electron chi connectivity index (χ4n) is 6.27. The minimum Gasteiger partial charge on any atom is -0.543 e. The minimum atomic E-state index is -2.06. The number of fused-ring (bicyclic) bond motifs is 4. The van der Waals surface area contributed by atoms with Gasteiger partial charge in [0, 0.05) is 60.8 Å². The molecule has 0 radical (unpaired) electrons. The van der Waals surface area contributed by atoms with Gasteiger partial charge in [0.1, 0.15) is 41.5 Å². The Morgan fingerprint density at radius 3 is 1.90 bits per heavy atom. The molecule has 1 atom stereocenters. The van der Waals surface area contributed by atoms with Gasteiger partial charge in [0.25, 0.3) is 0 Å². The number of benzene rings is 3. The molecule has 1 fully saturated rings. The van der Waals surface area contributed by atoms with E-state index in [4.69, 9.17) is 23.1 Å². The van der Waals surface area contributed by atoms with Crippen LogP contribution in [0.2, 0.25) is 36.3 Å². The predicted molar refractivity (Wildman–Crippen MR) is 207 cm³/mol. The third kappa shape index (κ3) is 7.51. The summed E-state index contributed by atoms with van der Waals surface area (Å²) >= 11 is 0. The zero-order valence-corrected chi connectivity index (χ0v) is 33.7. The highest BCUT2D eigenvalue weighted by atomic mass is 28.4. The highest BCUT2D eigenvalue weighted by Crippen LogP contribution is 2.53. The zero-order chi connectivity index (χ0) is 36.1.